The number of halogens is 3. The van der Waals surface area contributed by atoms with E-state index in [2.05, 4.69) is 0 Å². The van der Waals surface area contributed by atoms with Crippen LogP contribution < -0.4 is 0 Å². The summed E-state index contributed by atoms with van der Waals surface area (Å²) >= 11 is 0. The quantitative estimate of drug-likeness (QED) is 0.395. The fourth-order valence-corrected chi connectivity index (χ4v) is 0. The molecule has 0 N–H and O–H groups in total. The van der Waals surface area contributed by atoms with E-state index in [-0.39, 0.29) is 51.4 Å². The van der Waals surface area contributed by atoms with E-state index in [0.717, 1.165) is 0 Å². The molecule has 0 bridgehead atoms. The van der Waals surface area contributed by atoms with Gasteiger partial charge < -0.3 is 0 Å². The van der Waals surface area contributed by atoms with Crippen LogP contribution in [0.4, 0.5) is 13.2 Å². The van der Waals surface area contributed by atoms with Crippen LogP contribution >= 0.6 is 0 Å². The first kappa shape index (κ1) is 12.1. The molecular weight excluding hydrogens is 172 g/mol. The molecule has 8 heavy (non-hydrogen) atoms. The van der Waals surface area contributed by atoms with E-state index in [1.165, 1.54) is 0 Å². The summed E-state index contributed by atoms with van der Waals surface area (Å²) in [5.41, 5.74) is -5.05. The summed E-state index contributed by atoms with van der Waals surface area (Å²) < 4.78 is 49.6. The Morgan fingerprint density at radius 1 is 1.12 bits per heavy atom. The van der Waals surface area contributed by atoms with Gasteiger partial charge in [-0.15, -0.1) is 0 Å². The van der Waals surface area contributed by atoms with E-state index in [1.807, 2.05) is 0 Å². The number of hydrogen-bond donors (Lipinski definition) is 1. The standard InChI is InChI=1S/CHF3O2S.K.H/c2-1(3,4)7(5)6;;/h7H;;. The molecule has 0 atom stereocenters. The predicted molar refractivity (Wildman–Crippen MR) is 23.5 cm³/mol. The van der Waals surface area contributed by atoms with Crippen molar-refractivity contribution in [3.63, 3.8) is 0 Å². The van der Waals surface area contributed by atoms with Crippen LogP contribution in [0.2, 0.25) is 0 Å². The second kappa shape index (κ2) is 4.23. The summed E-state index contributed by atoms with van der Waals surface area (Å²) in [4.78, 5) is 0. The van der Waals surface area contributed by atoms with Crippen LogP contribution in [-0.4, -0.2) is 65.3 Å². The molecule has 0 heterocycles. The van der Waals surface area contributed by atoms with Gasteiger partial charge in [-0.2, -0.15) is 13.2 Å². The molecule has 0 aliphatic rings. The summed E-state index contributed by atoms with van der Waals surface area (Å²) in [5, 5.41) is 0. The van der Waals surface area contributed by atoms with Crippen LogP contribution in [0.3, 0.4) is 0 Å². The van der Waals surface area contributed by atoms with Gasteiger partial charge in [0, 0.05) is 0 Å². The van der Waals surface area contributed by atoms with Crippen LogP contribution in [-0.2, 0) is 10.7 Å². The molecule has 0 radical (unpaired) electrons. The zero-order valence-electron chi connectivity index (χ0n) is 2.90. The third kappa shape index (κ3) is 5.51. The Kier molecular flexibility index (Phi) is 6.40. The molecule has 46 valence electrons. The summed E-state index contributed by atoms with van der Waals surface area (Å²) in [7, 11) is -4.24. The number of alkyl halides is 3. The number of rotatable bonds is 0. The van der Waals surface area contributed by atoms with E-state index in [1.54, 1.807) is 0 Å². The molecule has 0 fully saturated rings. The molecule has 0 rings (SSSR count). The van der Waals surface area contributed by atoms with E-state index in [4.69, 9.17) is 8.42 Å². The minimum atomic E-state index is -5.05. The van der Waals surface area contributed by atoms with E-state index in [9.17, 15) is 13.2 Å². The first-order valence-electron chi connectivity index (χ1n) is 1.16. The van der Waals surface area contributed by atoms with Crippen LogP contribution in [0, 0.1) is 0 Å². The van der Waals surface area contributed by atoms with Gasteiger partial charge in [-0.1, -0.05) is 0 Å². The molecule has 0 unspecified atom stereocenters. The predicted octanol–water partition coefficient (Wildman–Crippen LogP) is -0.531. The van der Waals surface area contributed by atoms with Crippen LogP contribution in [0.5, 0.6) is 0 Å². The number of hydrogen-bond acceptors (Lipinski definition) is 2. The molecular formula is CH2F3KO2S. The van der Waals surface area contributed by atoms with E-state index >= 15 is 0 Å². The van der Waals surface area contributed by atoms with Gasteiger partial charge in [0.05, 0.1) is 0 Å². The van der Waals surface area contributed by atoms with Gasteiger partial charge in [-0.25, -0.2) is 8.42 Å². The fraction of sp³-hybridized carbons (Fsp3) is 1.00. The van der Waals surface area contributed by atoms with Crippen molar-refractivity contribution in [2.24, 2.45) is 0 Å². The molecule has 0 saturated carbocycles. The second-order valence-corrected chi connectivity index (χ2v) is 1.75. The average Bonchev–Trinajstić information content (AvgIpc) is 1.31. The molecule has 0 aromatic heterocycles. The van der Waals surface area contributed by atoms with Crippen molar-refractivity contribution in [2.75, 3.05) is 0 Å². The van der Waals surface area contributed by atoms with Gasteiger partial charge in [0.15, 0.2) is 0 Å². The maximum absolute atomic E-state index is 10.6. The van der Waals surface area contributed by atoms with Crippen molar-refractivity contribution in [3.05, 3.63) is 0 Å². The van der Waals surface area contributed by atoms with Gasteiger partial charge >= 0.3 is 56.9 Å². The van der Waals surface area contributed by atoms with Gasteiger partial charge in [-0.3, -0.25) is 0 Å². The number of thiol groups is 1. The van der Waals surface area contributed by atoms with Crippen LogP contribution in [0.15, 0.2) is 0 Å². The Bertz CT molecular complexity index is 118. The molecule has 0 aliphatic carbocycles. The van der Waals surface area contributed by atoms with Crippen molar-refractivity contribution in [1.29, 1.82) is 0 Å². The van der Waals surface area contributed by atoms with Crippen molar-refractivity contribution >= 4 is 62.1 Å². The molecule has 2 nitrogen and oxygen atoms in total. The zero-order chi connectivity index (χ0) is 6.08. The molecule has 0 amide bonds. The molecule has 0 saturated heterocycles. The summed E-state index contributed by atoms with van der Waals surface area (Å²) in [6.45, 7) is 0. The Hall–Kier alpha value is 1.38. The summed E-state index contributed by atoms with van der Waals surface area (Å²) in [6.07, 6.45) is 0. The second-order valence-electron chi connectivity index (χ2n) is 0.725. The Balaban J connectivity index is 0. The first-order chi connectivity index (χ1) is 2.94. The molecule has 0 spiro atoms. The summed E-state index contributed by atoms with van der Waals surface area (Å²) in [6, 6.07) is 0. The molecule has 0 aromatic carbocycles. The monoisotopic (exact) mass is 174 g/mol. The van der Waals surface area contributed by atoms with Crippen LogP contribution in [0.25, 0.3) is 0 Å². The van der Waals surface area contributed by atoms with Gasteiger partial charge in [0.1, 0.15) is 0 Å². The Morgan fingerprint density at radius 3 is 1.25 bits per heavy atom. The van der Waals surface area contributed by atoms with Crippen LogP contribution in [0.1, 0.15) is 0 Å². The maximum atomic E-state index is 10.6. The third-order valence-corrected chi connectivity index (χ3v) is 0.621. The van der Waals surface area contributed by atoms with Crippen molar-refractivity contribution < 1.29 is 21.6 Å². The topological polar surface area (TPSA) is 34.1 Å². The first-order valence-corrected chi connectivity index (χ1v) is 2.33. The molecule has 0 aromatic rings. The third-order valence-electron chi connectivity index (χ3n) is 0.207. The zero-order valence-corrected chi connectivity index (χ0v) is 3.79. The average molecular weight is 174 g/mol. The van der Waals surface area contributed by atoms with Crippen molar-refractivity contribution in [1.82, 2.24) is 0 Å². The molecule has 7 heteroatoms. The van der Waals surface area contributed by atoms with Crippen molar-refractivity contribution in [2.45, 2.75) is 5.51 Å². The van der Waals surface area contributed by atoms with Gasteiger partial charge in [0.25, 0.3) is 0 Å². The van der Waals surface area contributed by atoms with Crippen molar-refractivity contribution in [3.8, 4) is 0 Å². The molecule has 0 aliphatic heterocycles. The minimum absolute atomic E-state index is 0. The van der Waals surface area contributed by atoms with E-state index < -0.39 is 16.2 Å². The van der Waals surface area contributed by atoms with E-state index in [0.29, 0.717) is 0 Å². The summed E-state index contributed by atoms with van der Waals surface area (Å²) in [5.74, 6) is 0. The normalized spacial score (nSPS) is 11.0. The fourth-order valence-electron chi connectivity index (χ4n) is 0. The Labute approximate surface area is 87.8 Å². The Morgan fingerprint density at radius 2 is 1.25 bits per heavy atom. The SMILES string of the molecule is O=[SH](=O)C(F)(F)F.[KH]. The van der Waals surface area contributed by atoms with Gasteiger partial charge in [-0.05, 0) is 0 Å². The van der Waals surface area contributed by atoms with Gasteiger partial charge in [0.2, 0.25) is 10.7 Å².